The van der Waals surface area contributed by atoms with E-state index in [0.29, 0.717) is 13.0 Å². The van der Waals surface area contributed by atoms with Crippen LogP contribution in [0.1, 0.15) is 57.7 Å². The van der Waals surface area contributed by atoms with Gasteiger partial charge in [-0.15, -0.1) is 0 Å². The van der Waals surface area contributed by atoms with E-state index >= 15 is 0 Å². The summed E-state index contributed by atoms with van der Waals surface area (Å²) in [6.07, 6.45) is 1.34. The van der Waals surface area contributed by atoms with Crippen LogP contribution < -0.4 is 16.6 Å². The van der Waals surface area contributed by atoms with Crippen molar-refractivity contribution in [2.45, 2.75) is 76.5 Å². The van der Waals surface area contributed by atoms with Crippen molar-refractivity contribution in [1.82, 2.24) is 19.5 Å². The lowest BCUT2D eigenvalue weighted by atomic mass is 9.59. The average molecular weight is 693 g/mol. The summed E-state index contributed by atoms with van der Waals surface area (Å²) in [6, 6.07) is 31.5. The predicted octanol–water partition coefficient (Wildman–Crippen LogP) is 6.74. The molecule has 6 rings (SSSR count). The van der Waals surface area contributed by atoms with E-state index in [2.05, 4.69) is 127 Å². The zero-order valence-corrected chi connectivity index (χ0v) is 30.9. The molecule has 1 amide bonds. The van der Waals surface area contributed by atoms with Crippen LogP contribution in [-0.4, -0.2) is 46.5 Å². The molecule has 1 fully saturated rings. The molecule has 1 saturated heterocycles. The number of rotatable bonds is 10. The number of hydrogen-bond acceptors (Lipinski definition) is 7. The number of nitrogens with two attached hydrogens (primary N) is 1. The molecule has 2 aromatic heterocycles. The number of ether oxygens (including phenoxy) is 1. The first-order valence-corrected chi connectivity index (χ1v) is 20.1. The number of fused-ring (bicyclic) bond motifs is 1. The minimum Gasteiger partial charge on any atom is -0.414 e. The maximum Gasteiger partial charge on any atom is 0.280 e. The summed E-state index contributed by atoms with van der Waals surface area (Å²) in [5.74, 6) is -2.32. The number of hydrogen-bond donors (Lipinski definition) is 3. The molecule has 50 heavy (non-hydrogen) atoms. The zero-order valence-electron chi connectivity index (χ0n) is 29.9. The van der Waals surface area contributed by atoms with Crippen molar-refractivity contribution in [3.8, 4) is 0 Å². The van der Waals surface area contributed by atoms with Gasteiger partial charge in [-0.2, -0.15) is 4.98 Å². The maximum atomic E-state index is 13.2. The molecule has 0 saturated carbocycles. The Morgan fingerprint density at radius 2 is 1.52 bits per heavy atom. The molecule has 1 aliphatic heterocycles. The lowest BCUT2D eigenvalue weighted by Gasteiger charge is -2.44. The quantitative estimate of drug-likeness (QED) is 0.109. The highest BCUT2D eigenvalue weighted by molar-refractivity contribution is 6.74. The molecule has 0 unspecified atom stereocenters. The van der Waals surface area contributed by atoms with Gasteiger partial charge in [0.1, 0.15) is 6.33 Å². The number of anilines is 1. The van der Waals surface area contributed by atoms with E-state index in [0.717, 1.165) is 16.7 Å². The van der Waals surface area contributed by atoms with Crippen molar-refractivity contribution in [3.05, 3.63) is 124 Å². The van der Waals surface area contributed by atoms with Crippen molar-refractivity contribution in [2.24, 2.45) is 17.6 Å². The molecule has 0 spiro atoms. The number of amides is 1. The Labute approximate surface area is 294 Å². The van der Waals surface area contributed by atoms with Crippen LogP contribution in [-0.2, 0) is 25.2 Å². The molecular formula is C39H48N6O4Si. The zero-order chi connectivity index (χ0) is 35.9. The monoisotopic (exact) mass is 692 g/mol. The van der Waals surface area contributed by atoms with Crippen LogP contribution in [0.4, 0.5) is 5.95 Å². The summed E-state index contributed by atoms with van der Waals surface area (Å²) < 4.78 is 15.6. The van der Waals surface area contributed by atoms with Gasteiger partial charge in [0, 0.05) is 18.3 Å². The highest BCUT2D eigenvalue weighted by Crippen LogP contribution is 2.54. The Balaban J connectivity index is 1.57. The normalized spacial score (nSPS) is 20.0. The Morgan fingerprint density at radius 1 is 1.00 bits per heavy atom. The number of H-pyrrole nitrogens is 1. The highest BCUT2D eigenvalue weighted by atomic mass is 28.4. The van der Waals surface area contributed by atoms with Crippen LogP contribution in [0.15, 0.2) is 102 Å². The topological polar surface area (TPSA) is 137 Å². The van der Waals surface area contributed by atoms with E-state index in [1.807, 2.05) is 18.2 Å². The van der Waals surface area contributed by atoms with Crippen LogP contribution >= 0.6 is 0 Å². The van der Waals surface area contributed by atoms with Crippen LogP contribution in [0.25, 0.3) is 11.2 Å². The first-order valence-electron chi connectivity index (χ1n) is 17.2. The number of nitrogens with one attached hydrogen (secondary N) is 2. The summed E-state index contributed by atoms with van der Waals surface area (Å²) >= 11 is 0. The Morgan fingerprint density at radius 3 is 2.00 bits per heavy atom. The minimum absolute atomic E-state index is 0.0195. The third-order valence-corrected chi connectivity index (χ3v) is 15.1. The van der Waals surface area contributed by atoms with Gasteiger partial charge in [0.2, 0.25) is 17.7 Å². The smallest absolute Gasteiger partial charge is 0.280 e. The van der Waals surface area contributed by atoms with Gasteiger partial charge in [-0.3, -0.25) is 30.2 Å². The van der Waals surface area contributed by atoms with Crippen molar-refractivity contribution >= 4 is 31.3 Å². The predicted molar refractivity (Wildman–Crippen MR) is 199 cm³/mol. The highest BCUT2D eigenvalue weighted by Gasteiger charge is 2.57. The van der Waals surface area contributed by atoms with E-state index in [1.165, 1.54) is 6.33 Å². The van der Waals surface area contributed by atoms with E-state index in [1.54, 1.807) is 18.4 Å². The number of aromatic nitrogens is 4. The van der Waals surface area contributed by atoms with Crippen molar-refractivity contribution in [1.29, 1.82) is 0 Å². The third-order valence-electron chi connectivity index (χ3n) is 10.6. The molecule has 4 N–H and O–H groups in total. The van der Waals surface area contributed by atoms with Crippen LogP contribution in [0.2, 0.25) is 18.1 Å². The fraction of sp³-hybridized carbons (Fsp3) is 0.385. The molecule has 0 aliphatic carbocycles. The SMILES string of the molecule is CC(C)C(=O)Nc1nc2c(ncn2[C@@]2(N)C[C@H](C(c3ccccc3)(c3ccccc3)c3ccccc3)[C@@H](CO[Si](C)(C)C(C)(C)C)O2)c(=O)[nH]1. The van der Waals surface area contributed by atoms with Gasteiger partial charge in [-0.05, 0) is 34.8 Å². The summed E-state index contributed by atoms with van der Waals surface area (Å²) in [4.78, 5) is 37.5. The van der Waals surface area contributed by atoms with Gasteiger partial charge in [0.05, 0.1) is 18.1 Å². The summed E-state index contributed by atoms with van der Waals surface area (Å²) in [6.45, 7) is 15.0. The van der Waals surface area contributed by atoms with Crippen LogP contribution in [0, 0.1) is 11.8 Å². The van der Waals surface area contributed by atoms with Gasteiger partial charge in [-0.1, -0.05) is 126 Å². The lowest BCUT2D eigenvalue weighted by molar-refractivity contribution is -0.118. The van der Waals surface area contributed by atoms with Crippen molar-refractivity contribution < 1.29 is 14.0 Å². The first kappa shape index (κ1) is 35.4. The second-order valence-corrected chi connectivity index (χ2v) is 19.9. The van der Waals surface area contributed by atoms with Gasteiger partial charge < -0.3 is 9.16 Å². The molecule has 0 bridgehead atoms. The molecule has 3 atom stereocenters. The Kier molecular flexibility index (Phi) is 9.47. The average Bonchev–Trinajstić information content (AvgIpc) is 3.68. The van der Waals surface area contributed by atoms with E-state index in [4.69, 9.17) is 14.9 Å². The van der Waals surface area contributed by atoms with Gasteiger partial charge in [0.15, 0.2) is 19.5 Å². The van der Waals surface area contributed by atoms with Crippen molar-refractivity contribution in [3.63, 3.8) is 0 Å². The maximum absolute atomic E-state index is 13.2. The molecule has 10 nitrogen and oxygen atoms in total. The van der Waals surface area contributed by atoms with Crippen molar-refractivity contribution in [2.75, 3.05) is 11.9 Å². The van der Waals surface area contributed by atoms with Gasteiger partial charge in [-0.25, -0.2) is 4.98 Å². The molecule has 0 radical (unpaired) electrons. The summed E-state index contributed by atoms with van der Waals surface area (Å²) in [7, 11) is -2.23. The second-order valence-electron chi connectivity index (χ2n) is 15.1. The van der Waals surface area contributed by atoms with Crippen LogP contribution in [0.3, 0.4) is 0 Å². The largest absolute Gasteiger partial charge is 0.414 e. The minimum atomic E-state index is -2.23. The fourth-order valence-corrected chi connectivity index (χ4v) is 7.85. The molecule has 1 aliphatic rings. The fourth-order valence-electron chi connectivity index (χ4n) is 6.84. The van der Waals surface area contributed by atoms with E-state index in [-0.39, 0.29) is 39.9 Å². The number of carbonyl (C=O) groups excluding carboxylic acids is 1. The molecule has 5 aromatic rings. The van der Waals surface area contributed by atoms with Crippen LogP contribution in [0.5, 0.6) is 0 Å². The lowest BCUT2D eigenvalue weighted by Crippen LogP contribution is -2.47. The number of imidazole rings is 1. The number of aromatic amines is 1. The summed E-state index contributed by atoms with van der Waals surface area (Å²) in [5.41, 5.74) is 9.78. The Hall–Kier alpha value is -4.42. The number of carbonyl (C=O) groups is 1. The molecule has 3 heterocycles. The Bertz CT molecular complexity index is 1910. The summed E-state index contributed by atoms with van der Waals surface area (Å²) in [5, 5.41) is 2.68. The van der Waals surface area contributed by atoms with Gasteiger partial charge >= 0.3 is 0 Å². The molecular weight excluding hydrogens is 645 g/mol. The standard InChI is InChI=1S/C39H48N6O4Si/c1-26(2)34(46)43-36-42-33-32(35(47)44-36)41-25-45(33)38(40)23-30(31(49-38)24-48-50(6,7)37(3,4)5)39(27-17-11-8-12-18-27,28-19-13-9-14-20-28)29-21-15-10-16-22-29/h8-22,25-26,30-31H,23-24,40H2,1-7H3,(H2,42,43,44,46,47)/t30-,31+,38-/m0/s1. The van der Waals surface area contributed by atoms with Gasteiger partial charge in [0.25, 0.3) is 5.56 Å². The number of benzene rings is 3. The van der Waals surface area contributed by atoms with E-state index in [9.17, 15) is 9.59 Å². The van der Waals surface area contributed by atoms with E-state index < -0.39 is 31.2 Å². The first-order chi connectivity index (χ1) is 23.7. The second kappa shape index (κ2) is 13.4. The molecule has 262 valence electrons. The molecule has 11 heteroatoms. The molecule has 3 aromatic carbocycles. The number of nitrogens with zero attached hydrogens (tertiary/aromatic N) is 3. The third kappa shape index (κ3) is 6.35.